The minimum absolute atomic E-state index is 0.218. The zero-order chi connectivity index (χ0) is 16.8. The second-order valence-electron chi connectivity index (χ2n) is 5.29. The quantitative estimate of drug-likeness (QED) is 0.766. The topological polar surface area (TPSA) is 58.2 Å². The molecule has 0 bridgehead atoms. The van der Waals surface area contributed by atoms with Crippen LogP contribution in [0.2, 0.25) is 0 Å². The largest absolute Gasteiger partial charge is 0.326 e. The molecule has 0 fully saturated rings. The van der Waals surface area contributed by atoms with E-state index < -0.39 is 0 Å². The van der Waals surface area contributed by atoms with Gasteiger partial charge in [-0.25, -0.2) is 0 Å². The van der Waals surface area contributed by atoms with Gasteiger partial charge < -0.3 is 10.6 Å². The summed E-state index contributed by atoms with van der Waals surface area (Å²) >= 11 is 3.41. The van der Waals surface area contributed by atoms with Crippen LogP contribution in [0.3, 0.4) is 0 Å². The lowest BCUT2D eigenvalue weighted by atomic mass is 10.1. The van der Waals surface area contributed by atoms with E-state index in [2.05, 4.69) is 33.5 Å². The smallest absolute Gasteiger partial charge is 0.233 e. The number of benzene rings is 2. The molecule has 2 rings (SSSR count). The Bertz CT molecular complexity index is 711. The van der Waals surface area contributed by atoms with Crippen LogP contribution in [0, 0.1) is 6.92 Å². The summed E-state index contributed by atoms with van der Waals surface area (Å²) in [6, 6.07) is 13.1. The first kappa shape index (κ1) is 17.2. The molecule has 0 aromatic heterocycles. The molecule has 0 unspecified atom stereocenters. The summed E-state index contributed by atoms with van der Waals surface area (Å²) in [5.74, 6) is -0.671. The first-order valence-electron chi connectivity index (χ1n) is 7.42. The lowest BCUT2D eigenvalue weighted by Gasteiger charge is -2.08. The number of halogens is 1. The highest BCUT2D eigenvalue weighted by atomic mass is 79.9. The molecule has 2 aromatic carbocycles. The number of carbonyl (C=O) groups is 2. The highest BCUT2D eigenvalue weighted by Crippen LogP contribution is 2.20. The van der Waals surface area contributed by atoms with E-state index in [0.29, 0.717) is 11.4 Å². The molecular formula is C18H19BrN2O2. The maximum absolute atomic E-state index is 11.9. The van der Waals surface area contributed by atoms with Crippen LogP contribution in [0.5, 0.6) is 0 Å². The summed E-state index contributed by atoms with van der Waals surface area (Å²) in [6.07, 6.45) is 0.730. The zero-order valence-corrected chi connectivity index (χ0v) is 14.7. The van der Waals surface area contributed by atoms with E-state index in [1.807, 2.05) is 43.3 Å². The molecule has 0 heterocycles. The third-order valence-electron chi connectivity index (χ3n) is 3.41. The summed E-state index contributed by atoms with van der Waals surface area (Å²) in [6.45, 7) is 4.01. The van der Waals surface area contributed by atoms with E-state index in [4.69, 9.17) is 0 Å². The number of hydrogen-bond donors (Lipinski definition) is 2. The zero-order valence-electron chi connectivity index (χ0n) is 13.2. The third-order valence-corrected chi connectivity index (χ3v) is 4.30. The molecule has 0 aliphatic heterocycles. The van der Waals surface area contributed by atoms with Crippen LogP contribution in [0.15, 0.2) is 46.9 Å². The van der Waals surface area contributed by atoms with Crippen LogP contribution >= 0.6 is 15.9 Å². The number of amides is 2. The molecule has 2 N–H and O–H groups in total. The Kier molecular flexibility index (Phi) is 5.93. The summed E-state index contributed by atoms with van der Waals surface area (Å²) in [5.41, 5.74) is 3.59. The molecule has 23 heavy (non-hydrogen) atoms. The second-order valence-corrected chi connectivity index (χ2v) is 6.14. The van der Waals surface area contributed by atoms with Crippen LogP contribution in [0.1, 0.15) is 24.5 Å². The van der Waals surface area contributed by atoms with E-state index >= 15 is 0 Å². The van der Waals surface area contributed by atoms with Gasteiger partial charge >= 0.3 is 0 Å². The molecule has 0 saturated heterocycles. The van der Waals surface area contributed by atoms with E-state index in [9.17, 15) is 9.59 Å². The van der Waals surface area contributed by atoms with Crippen molar-refractivity contribution in [3.05, 3.63) is 58.1 Å². The summed E-state index contributed by atoms with van der Waals surface area (Å²) < 4.78 is 0.976. The van der Waals surface area contributed by atoms with Crippen molar-refractivity contribution in [3.8, 4) is 0 Å². The predicted molar refractivity (Wildman–Crippen MR) is 96.6 cm³/mol. The second kappa shape index (κ2) is 7.92. The first-order chi connectivity index (χ1) is 11.0. The van der Waals surface area contributed by atoms with Crippen molar-refractivity contribution in [2.24, 2.45) is 0 Å². The number of aryl methyl sites for hydroxylation is 2. The fourth-order valence-electron chi connectivity index (χ4n) is 2.10. The minimum atomic E-state index is -0.339. The van der Waals surface area contributed by atoms with Crippen molar-refractivity contribution in [2.45, 2.75) is 26.7 Å². The third kappa shape index (κ3) is 5.21. The number of carbonyl (C=O) groups excluding carboxylic acids is 2. The van der Waals surface area contributed by atoms with Gasteiger partial charge in [0.2, 0.25) is 11.8 Å². The van der Waals surface area contributed by atoms with Crippen LogP contribution in [0.25, 0.3) is 0 Å². The van der Waals surface area contributed by atoms with Crippen molar-refractivity contribution in [1.82, 2.24) is 0 Å². The van der Waals surface area contributed by atoms with Gasteiger partial charge in [0, 0.05) is 15.8 Å². The standard InChI is InChI=1S/C18H19BrN2O2/c1-3-13-4-6-14(7-5-13)20-17(22)11-18(23)21-15-8-9-16(19)12(2)10-15/h4-10H,3,11H2,1-2H3,(H,20,22)(H,21,23). The molecule has 4 nitrogen and oxygen atoms in total. The van der Waals surface area contributed by atoms with E-state index in [1.54, 1.807) is 6.07 Å². The monoisotopic (exact) mass is 374 g/mol. The molecule has 0 aliphatic carbocycles. The molecular weight excluding hydrogens is 356 g/mol. The van der Waals surface area contributed by atoms with Gasteiger partial charge in [0.15, 0.2) is 0 Å². The lowest BCUT2D eigenvalue weighted by Crippen LogP contribution is -2.21. The van der Waals surface area contributed by atoms with E-state index in [0.717, 1.165) is 16.5 Å². The SMILES string of the molecule is CCc1ccc(NC(=O)CC(=O)Nc2ccc(Br)c(C)c2)cc1. The van der Waals surface area contributed by atoms with Crippen LogP contribution in [-0.2, 0) is 16.0 Å². The highest BCUT2D eigenvalue weighted by molar-refractivity contribution is 9.10. The number of rotatable bonds is 5. The van der Waals surface area contributed by atoms with Gasteiger partial charge in [-0.15, -0.1) is 0 Å². The maximum atomic E-state index is 11.9. The molecule has 0 atom stereocenters. The minimum Gasteiger partial charge on any atom is -0.326 e. The normalized spacial score (nSPS) is 10.2. The fourth-order valence-corrected chi connectivity index (χ4v) is 2.35. The lowest BCUT2D eigenvalue weighted by molar-refractivity contribution is -0.123. The van der Waals surface area contributed by atoms with Crippen molar-refractivity contribution < 1.29 is 9.59 Å². The Balaban J connectivity index is 1.88. The number of anilines is 2. The van der Waals surface area contributed by atoms with Gasteiger partial charge in [-0.05, 0) is 54.8 Å². The van der Waals surface area contributed by atoms with Gasteiger partial charge in [-0.2, -0.15) is 0 Å². The Hall–Kier alpha value is -2.14. The van der Waals surface area contributed by atoms with Crippen molar-refractivity contribution in [2.75, 3.05) is 10.6 Å². The Morgan fingerprint density at radius 1 is 0.957 bits per heavy atom. The maximum Gasteiger partial charge on any atom is 0.233 e. The molecule has 120 valence electrons. The molecule has 2 amide bonds. The summed E-state index contributed by atoms with van der Waals surface area (Å²) in [5, 5.41) is 5.45. The number of nitrogens with one attached hydrogen (secondary N) is 2. The van der Waals surface area contributed by atoms with Gasteiger partial charge in [-0.1, -0.05) is 35.0 Å². The van der Waals surface area contributed by atoms with E-state index in [-0.39, 0.29) is 18.2 Å². The fraction of sp³-hybridized carbons (Fsp3) is 0.222. The predicted octanol–water partition coefficient (Wildman–Crippen LogP) is 4.29. The molecule has 5 heteroatoms. The first-order valence-corrected chi connectivity index (χ1v) is 8.22. The summed E-state index contributed by atoms with van der Waals surface area (Å²) in [7, 11) is 0. The Morgan fingerprint density at radius 3 is 2.09 bits per heavy atom. The highest BCUT2D eigenvalue weighted by Gasteiger charge is 2.10. The van der Waals surface area contributed by atoms with Crippen molar-refractivity contribution in [1.29, 1.82) is 0 Å². The van der Waals surface area contributed by atoms with Gasteiger partial charge in [0.1, 0.15) is 6.42 Å². The summed E-state index contributed by atoms with van der Waals surface area (Å²) in [4.78, 5) is 23.8. The molecule has 0 spiro atoms. The van der Waals surface area contributed by atoms with Crippen LogP contribution in [0.4, 0.5) is 11.4 Å². The molecule has 0 aliphatic rings. The molecule has 2 aromatic rings. The van der Waals surface area contributed by atoms with Gasteiger partial charge in [0.05, 0.1) is 0 Å². The van der Waals surface area contributed by atoms with Crippen molar-refractivity contribution in [3.63, 3.8) is 0 Å². The van der Waals surface area contributed by atoms with Crippen molar-refractivity contribution >= 4 is 39.1 Å². The van der Waals surface area contributed by atoms with E-state index in [1.165, 1.54) is 5.56 Å². The van der Waals surface area contributed by atoms with Gasteiger partial charge in [-0.3, -0.25) is 9.59 Å². The van der Waals surface area contributed by atoms with Crippen LogP contribution in [-0.4, -0.2) is 11.8 Å². The van der Waals surface area contributed by atoms with Gasteiger partial charge in [0.25, 0.3) is 0 Å². The Morgan fingerprint density at radius 2 is 1.52 bits per heavy atom. The average molecular weight is 375 g/mol. The van der Waals surface area contributed by atoms with Crippen LogP contribution < -0.4 is 10.6 Å². The molecule has 0 radical (unpaired) electrons. The molecule has 0 saturated carbocycles. The Labute approximate surface area is 144 Å². The number of hydrogen-bond acceptors (Lipinski definition) is 2. The average Bonchev–Trinajstić information content (AvgIpc) is 2.51.